The summed E-state index contributed by atoms with van der Waals surface area (Å²) < 4.78 is 31.8. The summed E-state index contributed by atoms with van der Waals surface area (Å²) >= 11 is 0. The van der Waals surface area contributed by atoms with E-state index in [1.807, 2.05) is 13.8 Å². The molecule has 0 aromatic heterocycles. The summed E-state index contributed by atoms with van der Waals surface area (Å²) in [5, 5.41) is 0. The van der Waals surface area contributed by atoms with E-state index in [4.69, 9.17) is 4.74 Å². The predicted molar refractivity (Wildman–Crippen MR) is 80.8 cm³/mol. The number of carbonyl (C=O) groups excluding carboxylic acids is 2. The molecule has 0 aliphatic carbocycles. The number of rotatable bonds is 4. The molecule has 23 heavy (non-hydrogen) atoms. The van der Waals surface area contributed by atoms with Crippen molar-refractivity contribution in [2.45, 2.75) is 26.7 Å². The van der Waals surface area contributed by atoms with E-state index in [-0.39, 0.29) is 23.4 Å². The molecule has 6 heteroatoms. The molecule has 1 heterocycles. The number of hydrogen-bond donors (Lipinski definition) is 0. The van der Waals surface area contributed by atoms with Crippen LogP contribution in [-0.4, -0.2) is 36.5 Å². The second-order valence-electron chi connectivity index (χ2n) is 6.21. The highest BCUT2D eigenvalue weighted by atomic mass is 19.1. The van der Waals surface area contributed by atoms with Gasteiger partial charge in [0.05, 0.1) is 18.1 Å². The lowest BCUT2D eigenvalue weighted by atomic mass is 9.96. The fraction of sp³-hybridized carbons (Fsp3) is 0.529. The van der Waals surface area contributed by atoms with E-state index in [9.17, 15) is 18.4 Å². The number of carbonyl (C=O) groups is 2. The lowest BCUT2D eigenvalue weighted by Crippen LogP contribution is -2.41. The Kier molecular flexibility index (Phi) is 5.69. The Balaban J connectivity index is 1.91. The van der Waals surface area contributed by atoms with Gasteiger partial charge in [-0.2, -0.15) is 0 Å². The van der Waals surface area contributed by atoms with Gasteiger partial charge in [0.15, 0.2) is 0 Å². The molecule has 1 amide bonds. The van der Waals surface area contributed by atoms with Crippen LogP contribution >= 0.6 is 0 Å². The number of likely N-dealkylation sites (tertiary alicyclic amines) is 1. The Hall–Kier alpha value is -1.98. The molecule has 1 aliphatic rings. The average Bonchev–Trinajstić information content (AvgIpc) is 2.52. The summed E-state index contributed by atoms with van der Waals surface area (Å²) in [6.07, 6.45) is 0.983. The highest BCUT2D eigenvalue weighted by Crippen LogP contribution is 2.21. The lowest BCUT2D eigenvalue weighted by molar-refractivity contribution is -0.151. The molecule has 1 fully saturated rings. The predicted octanol–water partition coefficient (Wildman–Crippen LogP) is 3.02. The molecule has 2 rings (SSSR count). The van der Waals surface area contributed by atoms with E-state index in [1.54, 1.807) is 0 Å². The minimum atomic E-state index is -0.867. The maximum atomic E-state index is 13.7. The molecular formula is C17H21F2NO3. The molecule has 0 bridgehead atoms. The van der Waals surface area contributed by atoms with Gasteiger partial charge >= 0.3 is 5.97 Å². The Morgan fingerprint density at radius 2 is 1.91 bits per heavy atom. The van der Waals surface area contributed by atoms with Crippen LogP contribution in [0, 0.1) is 23.5 Å². The second-order valence-corrected chi connectivity index (χ2v) is 6.21. The molecule has 1 aromatic carbocycles. The van der Waals surface area contributed by atoms with Gasteiger partial charge in [0.25, 0.3) is 5.91 Å². The van der Waals surface area contributed by atoms with Crippen LogP contribution in [0.25, 0.3) is 0 Å². The van der Waals surface area contributed by atoms with Gasteiger partial charge in [-0.25, -0.2) is 8.78 Å². The standard InChI is InChI=1S/C17H21F2NO3/c1-11(2)10-23-17(22)12-5-7-20(8-6-12)16(21)14-4-3-13(18)9-15(14)19/h3-4,9,11-12H,5-8,10H2,1-2H3. The van der Waals surface area contributed by atoms with Gasteiger partial charge in [-0.1, -0.05) is 13.8 Å². The van der Waals surface area contributed by atoms with E-state index in [1.165, 1.54) is 4.90 Å². The minimum Gasteiger partial charge on any atom is -0.465 e. The Morgan fingerprint density at radius 1 is 1.26 bits per heavy atom. The van der Waals surface area contributed by atoms with Crippen molar-refractivity contribution in [2.75, 3.05) is 19.7 Å². The first-order valence-corrected chi connectivity index (χ1v) is 7.79. The average molecular weight is 325 g/mol. The zero-order valence-electron chi connectivity index (χ0n) is 13.4. The van der Waals surface area contributed by atoms with Gasteiger partial charge in [-0.15, -0.1) is 0 Å². The van der Waals surface area contributed by atoms with E-state index in [0.717, 1.165) is 12.1 Å². The third-order valence-electron chi connectivity index (χ3n) is 3.84. The van der Waals surface area contributed by atoms with E-state index in [0.29, 0.717) is 38.6 Å². The van der Waals surface area contributed by atoms with E-state index < -0.39 is 17.5 Å². The van der Waals surface area contributed by atoms with Crippen LogP contribution in [-0.2, 0) is 9.53 Å². The molecule has 0 spiro atoms. The number of amides is 1. The van der Waals surface area contributed by atoms with Crippen LogP contribution in [0.5, 0.6) is 0 Å². The molecule has 4 nitrogen and oxygen atoms in total. The van der Waals surface area contributed by atoms with Crippen LogP contribution in [0.1, 0.15) is 37.0 Å². The maximum Gasteiger partial charge on any atom is 0.309 e. The monoisotopic (exact) mass is 325 g/mol. The van der Waals surface area contributed by atoms with Gasteiger partial charge in [0.2, 0.25) is 0 Å². The summed E-state index contributed by atoms with van der Waals surface area (Å²) in [6.45, 7) is 5.03. The SMILES string of the molecule is CC(C)COC(=O)C1CCN(C(=O)c2ccc(F)cc2F)CC1. The number of halogens is 2. The quantitative estimate of drug-likeness (QED) is 0.800. The van der Waals surface area contributed by atoms with E-state index in [2.05, 4.69) is 0 Å². The van der Waals surface area contributed by atoms with Crippen LogP contribution in [0.15, 0.2) is 18.2 Å². The summed E-state index contributed by atoms with van der Waals surface area (Å²) in [7, 11) is 0. The summed E-state index contributed by atoms with van der Waals surface area (Å²) in [5.41, 5.74) is -0.146. The topological polar surface area (TPSA) is 46.6 Å². The highest BCUT2D eigenvalue weighted by Gasteiger charge is 2.29. The van der Waals surface area contributed by atoms with Crippen molar-refractivity contribution < 1.29 is 23.1 Å². The van der Waals surface area contributed by atoms with Gasteiger partial charge < -0.3 is 9.64 Å². The first kappa shape index (κ1) is 17.4. The van der Waals surface area contributed by atoms with Crippen LogP contribution in [0.2, 0.25) is 0 Å². The molecule has 0 unspecified atom stereocenters. The highest BCUT2D eigenvalue weighted by molar-refractivity contribution is 5.94. The number of nitrogens with zero attached hydrogens (tertiary/aromatic N) is 1. The third-order valence-corrected chi connectivity index (χ3v) is 3.84. The largest absolute Gasteiger partial charge is 0.465 e. The Bertz CT molecular complexity index is 581. The van der Waals surface area contributed by atoms with E-state index >= 15 is 0 Å². The Labute approximate surface area is 134 Å². The fourth-order valence-electron chi connectivity index (χ4n) is 2.52. The van der Waals surface area contributed by atoms with Crippen LogP contribution in [0.4, 0.5) is 8.78 Å². The summed E-state index contributed by atoms with van der Waals surface area (Å²) in [5.74, 6) is -2.24. The van der Waals surface area contributed by atoms with Crippen molar-refractivity contribution in [1.29, 1.82) is 0 Å². The smallest absolute Gasteiger partial charge is 0.309 e. The molecule has 1 saturated heterocycles. The molecule has 0 atom stereocenters. The molecular weight excluding hydrogens is 304 g/mol. The fourth-order valence-corrected chi connectivity index (χ4v) is 2.52. The number of hydrogen-bond acceptors (Lipinski definition) is 3. The Morgan fingerprint density at radius 3 is 2.48 bits per heavy atom. The van der Waals surface area contributed by atoms with Crippen molar-refractivity contribution in [3.8, 4) is 0 Å². The summed E-state index contributed by atoms with van der Waals surface area (Å²) in [6, 6.07) is 2.91. The third kappa shape index (κ3) is 4.50. The number of piperidine rings is 1. The van der Waals surface area contributed by atoms with Crippen molar-refractivity contribution in [1.82, 2.24) is 4.90 Å². The molecule has 0 radical (unpaired) electrons. The van der Waals surface area contributed by atoms with Gasteiger partial charge in [-0.3, -0.25) is 9.59 Å². The molecule has 1 aromatic rings. The minimum absolute atomic E-state index is 0.146. The van der Waals surface area contributed by atoms with Crippen molar-refractivity contribution in [3.63, 3.8) is 0 Å². The first-order chi connectivity index (χ1) is 10.9. The summed E-state index contributed by atoms with van der Waals surface area (Å²) in [4.78, 5) is 25.7. The zero-order chi connectivity index (χ0) is 17.0. The van der Waals surface area contributed by atoms with Crippen molar-refractivity contribution >= 4 is 11.9 Å². The normalized spacial score (nSPS) is 15.8. The van der Waals surface area contributed by atoms with Gasteiger partial charge in [-0.05, 0) is 30.9 Å². The maximum absolute atomic E-state index is 13.7. The van der Waals surface area contributed by atoms with Crippen molar-refractivity contribution in [3.05, 3.63) is 35.4 Å². The van der Waals surface area contributed by atoms with Gasteiger partial charge in [0.1, 0.15) is 11.6 Å². The zero-order valence-corrected chi connectivity index (χ0v) is 13.4. The van der Waals surface area contributed by atoms with Crippen LogP contribution < -0.4 is 0 Å². The molecule has 0 N–H and O–H groups in total. The first-order valence-electron chi connectivity index (χ1n) is 7.79. The van der Waals surface area contributed by atoms with Crippen LogP contribution in [0.3, 0.4) is 0 Å². The molecule has 0 saturated carbocycles. The lowest BCUT2D eigenvalue weighted by Gasteiger charge is -2.31. The van der Waals surface area contributed by atoms with Crippen molar-refractivity contribution in [2.24, 2.45) is 11.8 Å². The number of esters is 1. The number of ether oxygens (including phenoxy) is 1. The number of benzene rings is 1. The second kappa shape index (κ2) is 7.53. The molecule has 1 aliphatic heterocycles. The van der Waals surface area contributed by atoms with Gasteiger partial charge in [0, 0.05) is 19.2 Å². The molecule has 126 valence electrons.